The molecule has 2 fully saturated rings. The maximum atomic E-state index is 13.2. The van der Waals surface area contributed by atoms with Crippen LogP contribution in [-0.2, 0) is 11.3 Å². The second-order valence-corrected chi connectivity index (χ2v) is 8.31. The Kier molecular flexibility index (Phi) is 4.69. The van der Waals surface area contributed by atoms with Gasteiger partial charge in [0.15, 0.2) is 5.82 Å². The lowest BCUT2D eigenvalue weighted by Crippen LogP contribution is -2.52. The molecule has 5 heterocycles. The van der Waals surface area contributed by atoms with Crippen molar-refractivity contribution in [1.82, 2.24) is 19.9 Å². The van der Waals surface area contributed by atoms with Gasteiger partial charge in [-0.2, -0.15) is 0 Å². The summed E-state index contributed by atoms with van der Waals surface area (Å²) in [4.78, 5) is 36.4. The van der Waals surface area contributed by atoms with E-state index in [0.29, 0.717) is 35.4 Å². The van der Waals surface area contributed by atoms with Crippen molar-refractivity contribution >= 4 is 23.3 Å². The van der Waals surface area contributed by atoms with Crippen molar-refractivity contribution in [3.63, 3.8) is 0 Å². The number of aromatic nitrogens is 2. The number of carbonyl (C=O) groups excluding carboxylic acids is 2. The molecule has 3 aliphatic rings. The molecule has 2 aromatic heterocycles. The van der Waals surface area contributed by atoms with E-state index in [2.05, 4.69) is 20.4 Å². The van der Waals surface area contributed by atoms with Crippen LogP contribution in [0.3, 0.4) is 0 Å². The first-order valence-corrected chi connectivity index (χ1v) is 10.5. The minimum atomic E-state index is -0.0755. The van der Waals surface area contributed by atoms with Gasteiger partial charge in [-0.3, -0.25) is 14.5 Å². The summed E-state index contributed by atoms with van der Waals surface area (Å²) < 4.78 is 5.25. The molecule has 2 amide bonds. The van der Waals surface area contributed by atoms with Crippen LogP contribution in [-0.4, -0.2) is 70.5 Å². The van der Waals surface area contributed by atoms with Crippen LogP contribution in [0.15, 0.2) is 16.8 Å². The van der Waals surface area contributed by atoms with E-state index in [1.54, 1.807) is 17.2 Å². The summed E-state index contributed by atoms with van der Waals surface area (Å²) in [5, 5.41) is 7.04. The van der Waals surface area contributed by atoms with Crippen molar-refractivity contribution < 1.29 is 14.1 Å². The fourth-order valence-electron chi connectivity index (χ4n) is 4.72. The third-order valence-electron chi connectivity index (χ3n) is 6.49. The molecule has 1 N–H and O–H groups in total. The summed E-state index contributed by atoms with van der Waals surface area (Å²) >= 11 is 0. The minimum Gasteiger partial charge on any atom is -0.361 e. The van der Waals surface area contributed by atoms with Gasteiger partial charge in [0, 0.05) is 37.4 Å². The number of hydrogen-bond donors (Lipinski definition) is 1. The number of fused-ring (bicyclic) bond motifs is 2. The standard InChI is InChI=1S/C21H26N6O3/c1-13-17(14(2)30-24-13)12-27-18-8-15(9-22-20(18)23-10-19(27)28)21(29)26-7-6-25-5-3-4-16(25)11-26/h8-9,16H,3-7,10-12H2,1-2H3,(H,22,23). The molecule has 0 aromatic carbocycles. The zero-order valence-electron chi connectivity index (χ0n) is 17.3. The smallest absolute Gasteiger partial charge is 0.255 e. The van der Waals surface area contributed by atoms with Gasteiger partial charge in [0.25, 0.3) is 5.91 Å². The number of pyridine rings is 1. The number of nitrogens with one attached hydrogen (secondary N) is 1. The summed E-state index contributed by atoms with van der Waals surface area (Å²) in [5.41, 5.74) is 2.78. The molecular weight excluding hydrogens is 384 g/mol. The highest BCUT2D eigenvalue weighted by atomic mass is 16.5. The number of hydrogen-bond acceptors (Lipinski definition) is 7. The SMILES string of the molecule is Cc1noc(C)c1CN1C(=O)CNc2ncc(C(=O)N3CCN4CCCC4C3)cc21. The quantitative estimate of drug-likeness (QED) is 0.821. The van der Waals surface area contributed by atoms with Crippen LogP contribution in [0.4, 0.5) is 11.5 Å². The number of amides is 2. The molecule has 158 valence electrons. The normalized spacial score (nSPS) is 21.4. The third-order valence-corrected chi connectivity index (χ3v) is 6.49. The minimum absolute atomic E-state index is 0.0211. The molecule has 0 saturated carbocycles. The molecule has 2 aromatic rings. The van der Waals surface area contributed by atoms with E-state index >= 15 is 0 Å². The predicted octanol–water partition coefficient (Wildman–Crippen LogP) is 1.57. The lowest BCUT2D eigenvalue weighted by atomic mass is 10.1. The number of rotatable bonds is 3. The highest BCUT2D eigenvalue weighted by Crippen LogP contribution is 2.31. The van der Waals surface area contributed by atoms with E-state index in [0.717, 1.165) is 43.9 Å². The molecule has 9 heteroatoms. The number of nitrogens with zero attached hydrogens (tertiary/aromatic N) is 5. The first-order chi connectivity index (χ1) is 14.5. The van der Waals surface area contributed by atoms with Crippen molar-refractivity contribution in [3.8, 4) is 0 Å². The van der Waals surface area contributed by atoms with Gasteiger partial charge in [0.05, 0.1) is 30.0 Å². The third kappa shape index (κ3) is 3.23. The molecule has 1 atom stereocenters. The van der Waals surface area contributed by atoms with Crippen LogP contribution in [0, 0.1) is 13.8 Å². The van der Waals surface area contributed by atoms with Crippen LogP contribution in [0.1, 0.15) is 40.2 Å². The van der Waals surface area contributed by atoms with Crippen molar-refractivity contribution in [2.75, 3.05) is 42.9 Å². The Morgan fingerprint density at radius 3 is 2.97 bits per heavy atom. The zero-order valence-corrected chi connectivity index (χ0v) is 17.3. The second-order valence-electron chi connectivity index (χ2n) is 8.31. The van der Waals surface area contributed by atoms with Crippen LogP contribution in [0.2, 0.25) is 0 Å². The summed E-state index contributed by atoms with van der Waals surface area (Å²) in [6.07, 6.45) is 3.96. The molecule has 30 heavy (non-hydrogen) atoms. The summed E-state index contributed by atoms with van der Waals surface area (Å²) in [6, 6.07) is 2.25. The van der Waals surface area contributed by atoms with Gasteiger partial charge in [0.1, 0.15) is 5.76 Å². The number of aryl methyl sites for hydroxylation is 2. The topological polar surface area (TPSA) is 94.8 Å². The summed E-state index contributed by atoms with van der Waals surface area (Å²) in [6.45, 7) is 7.76. The average molecular weight is 410 g/mol. The van der Waals surface area contributed by atoms with Gasteiger partial charge < -0.3 is 19.6 Å². The molecule has 0 spiro atoms. The summed E-state index contributed by atoms with van der Waals surface area (Å²) in [5.74, 6) is 1.20. The van der Waals surface area contributed by atoms with E-state index in [9.17, 15) is 9.59 Å². The van der Waals surface area contributed by atoms with Crippen LogP contribution in [0.5, 0.6) is 0 Å². The largest absolute Gasteiger partial charge is 0.361 e. The Bertz CT molecular complexity index is 983. The molecule has 1 unspecified atom stereocenters. The van der Waals surface area contributed by atoms with Gasteiger partial charge in [0.2, 0.25) is 5.91 Å². The molecule has 5 rings (SSSR count). The van der Waals surface area contributed by atoms with E-state index in [1.165, 1.54) is 6.42 Å². The van der Waals surface area contributed by atoms with E-state index in [4.69, 9.17) is 4.52 Å². The highest BCUT2D eigenvalue weighted by Gasteiger charge is 2.34. The lowest BCUT2D eigenvalue weighted by Gasteiger charge is -2.37. The average Bonchev–Trinajstić information content (AvgIpc) is 3.35. The van der Waals surface area contributed by atoms with Crippen molar-refractivity contribution in [3.05, 3.63) is 34.8 Å². The first kappa shape index (κ1) is 19.0. The fourth-order valence-corrected chi connectivity index (χ4v) is 4.72. The Morgan fingerprint density at radius 2 is 2.17 bits per heavy atom. The molecule has 2 saturated heterocycles. The van der Waals surface area contributed by atoms with Gasteiger partial charge in [-0.15, -0.1) is 0 Å². The maximum Gasteiger partial charge on any atom is 0.255 e. The van der Waals surface area contributed by atoms with E-state index in [1.807, 2.05) is 18.7 Å². The molecule has 0 aliphatic carbocycles. The van der Waals surface area contributed by atoms with Gasteiger partial charge in [-0.05, 0) is 39.3 Å². The number of anilines is 2. The maximum absolute atomic E-state index is 13.2. The van der Waals surface area contributed by atoms with Crippen LogP contribution in [0.25, 0.3) is 0 Å². The fraction of sp³-hybridized carbons (Fsp3) is 0.524. The molecule has 9 nitrogen and oxygen atoms in total. The monoisotopic (exact) mass is 410 g/mol. The van der Waals surface area contributed by atoms with Crippen molar-refractivity contribution in [1.29, 1.82) is 0 Å². The Balaban J connectivity index is 1.42. The van der Waals surface area contributed by atoms with E-state index < -0.39 is 0 Å². The van der Waals surface area contributed by atoms with Gasteiger partial charge >= 0.3 is 0 Å². The van der Waals surface area contributed by atoms with E-state index in [-0.39, 0.29) is 18.4 Å². The number of piperazine rings is 1. The molecule has 0 radical (unpaired) electrons. The van der Waals surface area contributed by atoms with Crippen molar-refractivity contribution in [2.45, 2.75) is 39.3 Å². The predicted molar refractivity (Wildman–Crippen MR) is 110 cm³/mol. The van der Waals surface area contributed by atoms with Crippen LogP contribution >= 0.6 is 0 Å². The highest BCUT2D eigenvalue weighted by molar-refractivity contribution is 6.04. The number of carbonyl (C=O) groups is 2. The van der Waals surface area contributed by atoms with Crippen LogP contribution < -0.4 is 10.2 Å². The van der Waals surface area contributed by atoms with Crippen molar-refractivity contribution in [2.24, 2.45) is 0 Å². The Labute approximate surface area is 175 Å². The summed E-state index contributed by atoms with van der Waals surface area (Å²) in [7, 11) is 0. The van der Waals surface area contributed by atoms with Gasteiger partial charge in [-0.25, -0.2) is 4.98 Å². The van der Waals surface area contributed by atoms with Gasteiger partial charge in [-0.1, -0.05) is 5.16 Å². The molecule has 3 aliphatic heterocycles. The lowest BCUT2D eigenvalue weighted by molar-refractivity contribution is -0.117. The second kappa shape index (κ2) is 7.39. The first-order valence-electron chi connectivity index (χ1n) is 10.5. The molecular formula is C21H26N6O3. The Morgan fingerprint density at radius 1 is 1.30 bits per heavy atom. The Hall–Kier alpha value is -2.94. The molecule has 0 bridgehead atoms. The zero-order chi connectivity index (χ0) is 20.8.